The van der Waals surface area contributed by atoms with Crippen molar-refractivity contribution in [3.05, 3.63) is 25.3 Å². The maximum Gasteiger partial charge on any atom is 0.303 e. The average molecular weight is 239 g/mol. The van der Waals surface area contributed by atoms with Crippen LogP contribution in [0.5, 0.6) is 0 Å². The first-order valence-electron chi connectivity index (χ1n) is 5.71. The Labute approximate surface area is 103 Å². The molecule has 0 bridgehead atoms. The molecule has 1 amide bonds. The smallest absolute Gasteiger partial charge is 0.303 e. The molecule has 0 aromatic carbocycles. The molecule has 1 N–H and O–H groups in total. The maximum atomic E-state index is 12.0. The Hall–Kier alpha value is -1.58. The maximum absolute atomic E-state index is 12.0. The first-order chi connectivity index (χ1) is 8.02. The van der Waals surface area contributed by atoms with E-state index in [9.17, 15) is 9.59 Å². The van der Waals surface area contributed by atoms with Gasteiger partial charge >= 0.3 is 5.97 Å². The van der Waals surface area contributed by atoms with Crippen LogP contribution in [0.4, 0.5) is 0 Å². The Bertz CT molecular complexity index is 276. The van der Waals surface area contributed by atoms with Gasteiger partial charge in [0.05, 0.1) is 0 Å². The Morgan fingerprint density at radius 2 is 1.82 bits per heavy atom. The van der Waals surface area contributed by atoms with E-state index in [1.54, 1.807) is 24.1 Å². The minimum Gasteiger partial charge on any atom is -0.481 e. The molecule has 0 unspecified atom stereocenters. The molecule has 4 heteroatoms. The molecule has 0 aliphatic heterocycles. The summed E-state index contributed by atoms with van der Waals surface area (Å²) < 4.78 is 0. The highest BCUT2D eigenvalue weighted by molar-refractivity contribution is 5.79. The second kappa shape index (κ2) is 8.56. The van der Waals surface area contributed by atoms with E-state index in [-0.39, 0.29) is 18.2 Å². The van der Waals surface area contributed by atoms with Gasteiger partial charge in [-0.15, -0.1) is 13.2 Å². The van der Waals surface area contributed by atoms with Crippen LogP contribution in [0, 0.1) is 5.92 Å². The van der Waals surface area contributed by atoms with E-state index in [0.717, 1.165) is 0 Å². The Morgan fingerprint density at radius 1 is 1.29 bits per heavy atom. The Balaban J connectivity index is 4.18. The lowest BCUT2D eigenvalue weighted by Gasteiger charge is -2.22. The zero-order valence-corrected chi connectivity index (χ0v) is 10.4. The van der Waals surface area contributed by atoms with Crippen LogP contribution in [-0.2, 0) is 9.59 Å². The summed E-state index contributed by atoms with van der Waals surface area (Å²) in [6.45, 7) is 7.72. The van der Waals surface area contributed by atoms with Gasteiger partial charge in [0.25, 0.3) is 0 Å². The van der Waals surface area contributed by atoms with Crippen molar-refractivity contribution < 1.29 is 14.7 Å². The number of amides is 1. The highest BCUT2D eigenvalue weighted by atomic mass is 16.4. The topological polar surface area (TPSA) is 57.6 Å². The third-order valence-electron chi connectivity index (χ3n) is 2.51. The van der Waals surface area contributed by atoms with Gasteiger partial charge in [0.15, 0.2) is 0 Å². The van der Waals surface area contributed by atoms with Gasteiger partial charge in [-0.2, -0.15) is 0 Å². The average Bonchev–Trinajstić information content (AvgIpc) is 2.27. The fourth-order valence-electron chi connectivity index (χ4n) is 1.59. The minimum atomic E-state index is -0.834. The molecular weight excluding hydrogens is 218 g/mol. The lowest BCUT2D eigenvalue weighted by atomic mass is 10.00. The van der Waals surface area contributed by atoms with Gasteiger partial charge in [-0.1, -0.05) is 12.2 Å². The van der Waals surface area contributed by atoms with Gasteiger partial charge in [-0.3, -0.25) is 9.59 Å². The number of nitrogens with zero attached hydrogens (tertiary/aromatic N) is 1. The summed E-state index contributed by atoms with van der Waals surface area (Å²) in [4.78, 5) is 23.9. The van der Waals surface area contributed by atoms with Crippen LogP contribution in [-0.4, -0.2) is 35.5 Å². The molecule has 0 fully saturated rings. The van der Waals surface area contributed by atoms with Gasteiger partial charge in [0.2, 0.25) is 5.91 Å². The fourth-order valence-corrected chi connectivity index (χ4v) is 1.59. The van der Waals surface area contributed by atoms with Crippen molar-refractivity contribution in [3.63, 3.8) is 0 Å². The third-order valence-corrected chi connectivity index (χ3v) is 2.51. The number of allylic oxidation sites excluding steroid dienone is 2. The van der Waals surface area contributed by atoms with Crippen molar-refractivity contribution in [2.75, 3.05) is 13.6 Å². The van der Waals surface area contributed by atoms with Crippen molar-refractivity contribution in [2.45, 2.75) is 25.7 Å². The van der Waals surface area contributed by atoms with Gasteiger partial charge in [-0.25, -0.2) is 0 Å². The lowest BCUT2D eigenvalue weighted by molar-refractivity contribution is -0.138. The normalized spacial score (nSPS) is 10.0. The monoisotopic (exact) mass is 239 g/mol. The van der Waals surface area contributed by atoms with Crippen LogP contribution < -0.4 is 0 Å². The quantitative estimate of drug-likeness (QED) is 0.627. The zero-order chi connectivity index (χ0) is 13.3. The van der Waals surface area contributed by atoms with Crippen molar-refractivity contribution in [3.8, 4) is 0 Å². The number of rotatable bonds is 9. The van der Waals surface area contributed by atoms with E-state index in [4.69, 9.17) is 5.11 Å². The van der Waals surface area contributed by atoms with E-state index in [0.29, 0.717) is 25.8 Å². The molecule has 0 aliphatic rings. The standard InChI is InChI=1S/C13H21NO3/c1-4-7-11(8-5-2)13(17)14(3)10-6-9-12(15)16/h4-5,11H,1-2,6-10H2,3H3,(H,15,16). The van der Waals surface area contributed by atoms with Crippen LogP contribution in [0.3, 0.4) is 0 Å². The second-order valence-corrected chi connectivity index (χ2v) is 4.00. The molecular formula is C13H21NO3. The molecule has 17 heavy (non-hydrogen) atoms. The Kier molecular flexibility index (Phi) is 7.76. The number of carboxylic acid groups (broad SMARTS) is 1. The molecule has 4 nitrogen and oxygen atoms in total. The van der Waals surface area contributed by atoms with Gasteiger partial charge in [0, 0.05) is 25.9 Å². The molecule has 0 atom stereocenters. The number of aliphatic carboxylic acids is 1. The van der Waals surface area contributed by atoms with Crippen LogP contribution >= 0.6 is 0 Å². The van der Waals surface area contributed by atoms with Crippen molar-refractivity contribution >= 4 is 11.9 Å². The molecule has 0 heterocycles. The largest absolute Gasteiger partial charge is 0.481 e. The SMILES string of the molecule is C=CCC(CC=C)C(=O)N(C)CCCC(=O)O. The summed E-state index contributed by atoms with van der Waals surface area (Å²) >= 11 is 0. The summed E-state index contributed by atoms with van der Waals surface area (Å²) in [5, 5.41) is 8.51. The molecule has 0 aliphatic carbocycles. The number of hydrogen-bond acceptors (Lipinski definition) is 2. The summed E-state index contributed by atoms with van der Waals surface area (Å²) in [6.07, 6.45) is 5.24. The molecule has 0 radical (unpaired) electrons. The molecule has 0 aromatic heterocycles. The first kappa shape index (κ1) is 15.4. The predicted octanol–water partition coefficient (Wildman–Crippen LogP) is 2.08. The lowest BCUT2D eigenvalue weighted by Crippen LogP contribution is -2.33. The summed E-state index contributed by atoms with van der Waals surface area (Å²) in [5.74, 6) is -0.936. The molecule has 96 valence electrons. The van der Waals surface area contributed by atoms with E-state index in [1.807, 2.05) is 0 Å². The highest BCUT2D eigenvalue weighted by Gasteiger charge is 2.19. The van der Waals surface area contributed by atoms with Gasteiger partial charge in [0.1, 0.15) is 0 Å². The first-order valence-corrected chi connectivity index (χ1v) is 5.71. The van der Waals surface area contributed by atoms with Gasteiger partial charge in [-0.05, 0) is 19.3 Å². The zero-order valence-electron chi connectivity index (χ0n) is 10.4. The Morgan fingerprint density at radius 3 is 2.24 bits per heavy atom. The molecule has 0 rings (SSSR count). The van der Waals surface area contributed by atoms with E-state index < -0.39 is 5.97 Å². The predicted molar refractivity (Wildman–Crippen MR) is 67.6 cm³/mol. The van der Waals surface area contributed by atoms with E-state index in [1.165, 1.54) is 0 Å². The summed E-state index contributed by atoms with van der Waals surface area (Å²) in [5.41, 5.74) is 0. The summed E-state index contributed by atoms with van der Waals surface area (Å²) in [6, 6.07) is 0. The van der Waals surface area contributed by atoms with Crippen LogP contribution in [0.1, 0.15) is 25.7 Å². The van der Waals surface area contributed by atoms with Crippen LogP contribution in [0.25, 0.3) is 0 Å². The van der Waals surface area contributed by atoms with E-state index >= 15 is 0 Å². The number of carbonyl (C=O) groups is 2. The molecule has 0 saturated carbocycles. The summed E-state index contributed by atoms with van der Waals surface area (Å²) in [7, 11) is 1.70. The number of carboxylic acids is 1. The molecule has 0 aromatic rings. The van der Waals surface area contributed by atoms with Crippen LogP contribution in [0.15, 0.2) is 25.3 Å². The highest BCUT2D eigenvalue weighted by Crippen LogP contribution is 2.13. The van der Waals surface area contributed by atoms with E-state index in [2.05, 4.69) is 13.2 Å². The van der Waals surface area contributed by atoms with Crippen LogP contribution in [0.2, 0.25) is 0 Å². The van der Waals surface area contributed by atoms with Crippen molar-refractivity contribution in [2.24, 2.45) is 5.92 Å². The number of carbonyl (C=O) groups excluding carboxylic acids is 1. The molecule has 0 spiro atoms. The second-order valence-electron chi connectivity index (χ2n) is 4.00. The van der Waals surface area contributed by atoms with Crippen molar-refractivity contribution in [1.29, 1.82) is 0 Å². The van der Waals surface area contributed by atoms with Gasteiger partial charge < -0.3 is 10.0 Å². The minimum absolute atomic E-state index is 0.0233. The molecule has 0 saturated heterocycles. The van der Waals surface area contributed by atoms with Crippen molar-refractivity contribution in [1.82, 2.24) is 4.90 Å². The third kappa shape index (κ3) is 6.56. The fraction of sp³-hybridized carbons (Fsp3) is 0.538. The number of hydrogen-bond donors (Lipinski definition) is 1.